The van der Waals surface area contributed by atoms with E-state index >= 15 is 0 Å². The molecule has 2 aromatic rings. The minimum Gasteiger partial charge on any atom is -0.449 e. The molecule has 0 unspecified atom stereocenters. The van der Waals surface area contributed by atoms with Gasteiger partial charge in [-0.1, -0.05) is 0 Å². The largest absolute Gasteiger partial charge is 0.511 e. The number of hydrogen-bond donors (Lipinski definition) is 2. The molecule has 0 aromatic carbocycles. The number of fused-ring (bicyclic) bond motifs is 1. The van der Waals surface area contributed by atoms with E-state index in [0.717, 1.165) is 31.7 Å². The van der Waals surface area contributed by atoms with Gasteiger partial charge in [-0.25, -0.2) is 14.5 Å². The lowest BCUT2D eigenvalue weighted by Gasteiger charge is -2.18. The summed E-state index contributed by atoms with van der Waals surface area (Å²) in [5.41, 5.74) is 2.80. The number of pyridine rings is 2. The van der Waals surface area contributed by atoms with Crippen molar-refractivity contribution in [3.05, 3.63) is 28.6 Å². The fourth-order valence-corrected chi connectivity index (χ4v) is 2.63. The quantitative estimate of drug-likeness (QED) is 0.823. The third-order valence-corrected chi connectivity index (χ3v) is 3.67. The van der Waals surface area contributed by atoms with E-state index in [-0.39, 0.29) is 5.75 Å². The first kappa shape index (κ1) is 14.2. The van der Waals surface area contributed by atoms with Crippen LogP contribution in [0.3, 0.4) is 0 Å². The van der Waals surface area contributed by atoms with E-state index in [1.807, 2.05) is 0 Å². The summed E-state index contributed by atoms with van der Waals surface area (Å²) in [6, 6.07) is 3.43. The van der Waals surface area contributed by atoms with Crippen LogP contribution >= 0.6 is 0 Å². The number of hydrogen-bond acceptors (Lipinski definition) is 6. The highest BCUT2D eigenvalue weighted by molar-refractivity contribution is 5.79. The molecule has 3 rings (SSSR count). The number of aromatic nitrogens is 2. The highest BCUT2D eigenvalue weighted by Gasteiger charge is 2.17. The summed E-state index contributed by atoms with van der Waals surface area (Å²) in [4.78, 5) is 29.6. The number of ether oxygens (including phenoxy) is 1. The van der Waals surface area contributed by atoms with Crippen LogP contribution < -0.4 is 20.5 Å². The molecule has 22 heavy (non-hydrogen) atoms. The van der Waals surface area contributed by atoms with Gasteiger partial charge in [-0.2, -0.15) is 0 Å². The fourth-order valence-electron chi connectivity index (χ4n) is 2.63. The maximum absolute atomic E-state index is 12.3. The molecule has 8 heteroatoms. The highest BCUT2D eigenvalue weighted by atomic mass is 16.7. The van der Waals surface area contributed by atoms with Gasteiger partial charge in [0.1, 0.15) is 5.82 Å². The molecule has 0 amide bonds. The van der Waals surface area contributed by atoms with Crippen LogP contribution in [-0.4, -0.2) is 41.1 Å². The molecule has 2 aromatic heterocycles. The molecule has 0 spiro atoms. The van der Waals surface area contributed by atoms with E-state index in [4.69, 9.17) is 5.11 Å². The van der Waals surface area contributed by atoms with Gasteiger partial charge in [-0.3, -0.25) is 4.79 Å². The predicted octanol–water partition coefficient (Wildman–Crippen LogP) is 1.23. The van der Waals surface area contributed by atoms with Gasteiger partial charge in [0.05, 0.1) is 11.6 Å². The maximum Gasteiger partial charge on any atom is 0.511 e. The summed E-state index contributed by atoms with van der Waals surface area (Å²) in [5.74, 6) is 0.547. The second-order valence-electron chi connectivity index (χ2n) is 5.02. The first-order valence-corrected chi connectivity index (χ1v) is 7.00. The van der Waals surface area contributed by atoms with Crippen LogP contribution in [0.1, 0.15) is 12.8 Å². The molecule has 0 atom stereocenters. The van der Waals surface area contributed by atoms with Crippen molar-refractivity contribution < 1.29 is 14.6 Å². The van der Waals surface area contributed by atoms with E-state index in [1.165, 1.54) is 10.9 Å². The summed E-state index contributed by atoms with van der Waals surface area (Å²) in [7, 11) is 1.65. The molecule has 1 fully saturated rings. The molecule has 1 saturated heterocycles. The van der Waals surface area contributed by atoms with Crippen LogP contribution in [0.25, 0.3) is 11.0 Å². The number of nitrogens with zero attached hydrogens (tertiary/aromatic N) is 3. The van der Waals surface area contributed by atoms with Crippen LogP contribution in [0.2, 0.25) is 0 Å². The van der Waals surface area contributed by atoms with Gasteiger partial charge in [-0.15, -0.1) is 0 Å². The van der Waals surface area contributed by atoms with Crippen LogP contribution in [0.5, 0.6) is 5.75 Å². The Kier molecular flexibility index (Phi) is 3.58. The average Bonchev–Trinajstić information content (AvgIpc) is 3.03. The van der Waals surface area contributed by atoms with E-state index in [9.17, 15) is 9.59 Å². The molecule has 1 aliphatic heterocycles. The van der Waals surface area contributed by atoms with Crippen molar-refractivity contribution in [2.75, 3.05) is 30.5 Å². The maximum atomic E-state index is 12.3. The van der Waals surface area contributed by atoms with Crippen molar-refractivity contribution >= 4 is 23.0 Å². The Morgan fingerprint density at radius 1 is 1.36 bits per heavy atom. The van der Waals surface area contributed by atoms with Crippen molar-refractivity contribution in [1.29, 1.82) is 0 Å². The zero-order chi connectivity index (χ0) is 15.7. The number of carboxylic acid groups (broad SMARTS) is 1. The Bertz CT molecular complexity index is 780. The van der Waals surface area contributed by atoms with Gasteiger partial charge < -0.3 is 20.2 Å². The second-order valence-corrected chi connectivity index (χ2v) is 5.02. The topological polar surface area (TPSA) is 96.7 Å². The smallest absolute Gasteiger partial charge is 0.449 e. The number of nitrogens with one attached hydrogen (secondary N) is 1. The lowest BCUT2D eigenvalue weighted by atomic mass is 10.2. The van der Waals surface area contributed by atoms with Gasteiger partial charge in [0.2, 0.25) is 11.2 Å². The Morgan fingerprint density at radius 3 is 2.73 bits per heavy atom. The van der Waals surface area contributed by atoms with Crippen molar-refractivity contribution in [3.63, 3.8) is 0 Å². The summed E-state index contributed by atoms with van der Waals surface area (Å²) < 4.78 is 6.01. The summed E-state index contributed by atoms with van der Waals surface area (Å²) >= 11 is 0. The van der Waals surface area contributed by atoms with Crippen LogP contribution in [0, 0.1) is 0 Å². The van der Waals surface area contributed by atoms with Crippen molar-refractivity contribution in [1.82, 2.24) is 9.66 Å². The summed E-state index contributed by atoms with van der Waals surface area (Å²) in [5, 5.41) is 9.00. The van der Waals surface area contributed by atoms with Crippen molar-refractivity contribution in [3.8, 4) is 5.75 Å². The monoisotopic (exact) mass is 304 g/mol. The lowest BCUT2D eigenvalue weighted by molar-refractivity contribution is 0.144. The zero-order valence-corrected chi connectivity index (χ0v) is 12.1. The third kappa shape index (κ3) is 2.43. The minimum absolute atomic E-state index is 0.259. The molecule has 2 N–H and O–H groups in total. The standard InChI is InChI=1S/C14H16N4O4/c1-15-18-8-10(22-14(20)21)12(19)9-4-5-11(16-13(9)18)17-6-2-3-7-17/h4-5,8,15H,2-3,6-7H2,1H3,(H,20,21). The highest BCUT2D eigenvalue weighted by Crippen LogP contribution is 2.21. The van der Waals surface area contributed by atoms with Gasteiger partial charge in [0, 0.05) is 20.1 Å². The Hall–Kier alpha value is -2.77. The van der Waals surface area contributed by atoms with E-state index < -0.39 is 11.6 Å². The molecule has 8 nitrogen and oxygen atoms in total. The van der Waals surface area contributed by atoms with E-state index in [0.29, 0.717) is 11.0 Å². The summed E-state index contributed by atoms with van der Waals surface area (Å²) in [6.07, 6.45) is 2.02. The molecule has 0 radical (unpaired) electrons. The molecular formula is C14H16N4O4. The molecule has 0 bridgehead atoms. The fraction of sp³-hybridized carbons (Fsp3) is 0.357. The van der Waals surface area contributed by atoms with Crippen LogP contribution in [-0.2, 0) is 0 Å². The number of carbonyl (C=O) groups is 1. The Morgan fingerprint density at radius 2 is 2.09 bits per heavy atom. The van der Waals surface area contributed by atoms with Gasteiger partial charge in [-0.05, 0) is 25.0 Å². The molecule has 1 aliphatic rings. The molecular weight excluding hydrogens is 288 g/mol. The van der Waals surface area contributed by atoms with Crippen LogP contribution in [0.15, 0.2) is 23.1 Å². The Balaban J connectivity index is 2.15. The Labute approximate surface area is 125 Å². The predicted molar refractivity (Wildman–Crippen MR) is 81.4 cm³/mol. The van der Waals surface area contributed by atoms with Gasteiger partial charge in [0.15, 0.2) is 5.65 Å². The molecule has 0 aliphatic carbocycles. The molecule has 116 valence electrons. The average molecular weight is 304 g/mol. The molecule has 3 heterocycles. The van der Waals surface area contributed by atoms with Gasteiger partial charge in [0.25, 0.3) is 0 Å². The van der Waals surface area contributed by atoms with Crippen LogP contribution in [0.4, 0.5) is 10.6 Å². The van der Waals surface area contributed by atoms with E-state index in [1.54, 1.807) is 19.2 Å². The second kappa shape index (κ2) is 5.55. The van der Waals surface area contributed by atoms with Crippen molar-refractivity contribution in [2.24, 2.45) is 0 Å². The number of rotatable bonds is 3. The molecule has 0 saturated carbocycles. The minimum atomic E-state index is -1.53. The van der Waals surface area contributed by atoms with E-state index in [2.05, 4.69) is 20.0 Å². The SMILES string of the molecule is CNn1cc(OC(=O)O)c(=O)c2ccc(N3CCCC3)nc21. The third-order valence-electron chi connectivity index (χ3n) is 3.67. The lowest BCUT2D eigenvalue weighted by Crippen LogP contribution is -2.23. The first-order valence-electron chi connectivity index (χ1n) is 7.00. The normalized spacial score (nSPS) is 14.3. The first-order chi connectivity index (χ1) is 10.6. The number of anilines is 1. The van der Waals surface area contributed by atoms with Crippen molar-refractivity contribution in [2.45, 2.75) is 12.8 Å². The summed E-state index contributed by atoms with van der Waals surface area (Å²) in [6.45, 7) is 1.89. The van der Waals surface area contributed by atoms with Gasteiger partial charge >= 0.3 is 6.16 Å². The zero-order valence-electron chi connectivity index (χ0n) is 12.1.